The van der Waals surface area contributed by atoms with Crippen molar-refractivity contribution < 1.29 is 0 Å². The minimum Gasteiger partial charge on any atom is -0.351 e. The Kier molecular flexibility index (Phi) is 5.92. The van der Waals surface area contributed by atoms with Crippen LogP contribution in [-0.2, 0) is 6.42 Å². The van der Waals surface area contributed by atoms with Crippen LogP contribution in [0, 0.1) is 20.8 Å². The van der Waals surface area contributed by atoms with Crippen molar-refractivity contribution in [3.63, 3.8) is 0 Å². The molecule has 4 heterocycles. The van der Waals surface area contributed by atoms with Gasteiger partial charge in [0.25, 0.3) is 0 Å². The van der Waals surface area contributed by atoms with E-state index in [1.165, 1.54) is 11.1 Å². The van der Waals surface area contributed by atoms with Gasteiger partial charge < -0.3 is 14.8 Å². The van der Waals surface area contributed by atoms with E-state index in [0.29, 0.717) is 5.11 Å². The molecular formula is C28H29N5S. The van der Waals surface area contributed by atoms with E-state index in [1.807, 2.05) is 30.6 Å². The maximum Gasteiger partial charge on any atom is 0.174 e. The second-order valence-corrected chi connectivity index (χ2v) is 9.21. The molecule has 0 aliphatic carbocycles. The predicted molar refractivity (Wildman–Crippen MR) is 142 cm³/mol. The SMILES string of the molecule is CCc1ccc(N2C(=S)N[C@H](c3ccccn3)[C@@H]2c2cc(C)n(-c3ncccc3C)c2C)cc1. The van der Waals surface area contributed by atoms with Gasteiger partial charge in [-0.3, -0.25) is 4.98 Å². The Morgan fingerprint density at radius 2 is 1.71 bits per heavy atom. The first-order valence-corrected chi connectivity index (χ1v) is 12.1. The van der Waals surface area contributed by atoms with Crippen molar-refractivity contribution in [3.8, 4) is 5.82 Å². The van der Waals surface area contributed by atoms with Gasteiger partial charge in [-0.05, 0) is 92.5 Å². The Morgan fingerprint density at radius 3 is 2.38 bits per heavy atom. The van der Waals surface area contributed by atoms with Crippen LogP contribution in [0.1, 0.15) is 52.8 Å². The monoisotopic (exact) mass is 467 g/mol. The highest BCUT2D eigenvalue weighted by Gasteiger charge is 2.42. The van der Waals surface area contributed by atoms with Gasteiger partial charge in [-0.15, -0.1) is 0 Å². The number of nitrogens with one attached hydrogen (secondary N) is 1. The van der Waals surface area contributed by atoms with Crippen LogP contribution >= 0.6 is 12.2 Å². The molecule has 1 aliphatic heterocycles. The summed E-state index contributed by atoms with van der Waals surface area (Å²) in [6.45, 7) is 8.59. The van der Waals surface area contributed by atoms with Crippen molar-refractivity contribution in [2.45, 2.75) is 46.2 Å². The number of aryl methyl sites for hydroxylation is 3. The fourth-order valence-corrected chi connectivity index (χ4v) is 5.31. The molecule has 34 heavy (non-hydrogen) atoms. The van der Waals surface area contributed by atoms with E-state index in [9.17, 15) is 0 Å². The van der Waals surface area contributed by atoms with Gasteiger partial charge in [0.05, 0.1) is 17.8 Å². The van der Waals surface area contributed by atoms with Crippen molar-refractivity contribution in [1.29, 1.82) is 0 Å². The van der Waals surface area contributed by atoms with Crippen LogP contribution in [-0.4, -0.2) is 19.6 Å². The predicted octanol–water partition coefficient (Wildman–Crippen LogP) is 5.93. The standard InChI is InChI=1S/C28H29N5S/c1-5-21-11-13-22(14-12-21)33-26(25(31-28(33)34)24-10-6-7-15-29-24)23-17-19(3)32(20(23)4)27-18(2)9-8-16-30-27/h6-17,25-26H,5H2,1-4H3,(H,31,34)/t25-,26+/m1/s1. The summed E-state index contributed by atoms with van der Waals surface area (Å²) in [5.41, 5.74) is 8.02. The molecule has 3 aromatic heterocycles. The Labute approximate surface area is 206 Å². The average molecular weight is 468 g/mol. The molecule has 0 bridgehead atoms. The number of pyridine rings is 2. The van der Waals surface area contributed by atoms with Gasteiger partial charge in [0.2, 0.25) is 0 Å². The molecule has 4 aromatic rings. The van der Waals surface area contributed by atoms with Crippen molar-refractivity contribution in [2.75, 3.05) is 4.90 Å². The van der Waals surface area contributed by atoms with Gasteiger partial charge in [-0.2, -0.15) is 0 Å². The van der Waals surface area contributed by atoms with Gasteiger partial charge in [0, 0.05) is 29.5 Å². The average Bonchev–Trinajstić information content (AvgIpc) is 3.35. The summed E-state index contributed by atoms with van der Waals surface area (Å²) in [5.74, 6) is 0.963. The molecule has 0 unspecified atom stereocenters. The lowest BCUT2D eigenvalue weighted by molar-refractivity contribution is 0.565. The van der Waals surface area contributed by atoms with Gasteiger partial charge in [0.15, 0.2) is 5.11 Å². The number of anilines is 1. The van der Waals surface area contributed by atoms with E-state index in [1.54, 1.807) is 0 Å². The Balaban J connectivity index is 1.68. The van der Waals surface area contributed by atoms with Crippen molar-refractivity contribution >= 4 is 23.0 Å². The van der Waals surface area contributed by atoms with E-state index in [4.69, 9.17) is 17.2 Å². The summed E-state index contributed by atoms with van der Waals surface area (Å²) in [6, 6.07) is 21.0. The summed E-state index contributed by atoms with van der Waals surface area (Å²) in [4.78, 5) is 11.6. The normalized spacial score (nSPS) is 17.8. The summed E-state index contributed by atoms with van der Waals surface area (Å²) >= 11 is 5.90. The lowest BCUT2D eigenvalue weighted by Gasteiger charge is -2.28. The highest BCUT2D eigenvalue weighted by Crippen LogP contribution is 2.43. The number of thiocarbonyl (C=S) groups is 1. The molecule has 1 N–H and O–H groups in total. The molecule has 172 valence electrons. The molecule has 2 atom stereocenters. The van der Waals surface area contributed by atoms with E-state index in [0.717, 1.165) is 40.6 Å². The van der Waals surface area contributed by atoms with Crippen LogP contribution in [0.3, 0.4) is 0 Å². The zero-order chi connectivity index (χ0) is 23.8. The largest absolute Gasteiger partial charge is 0.351 e. The molecule has 1 aromatic carbocycles. The molecule has 6 heteroatoms. The van der Waals surface area contributed by atoms with Gasteiger partial charge >= 0.3 is 0 Å². The quantitative estimate of drug-likeness (QED) is 0.369. The molecule has 1 fully saturated rings. The number of nitrogens with zero attached hydrogens (tertiary/aromatic N) is 4. The molecule has 0 amide bonds. The Hall–Kier alpha value is -3.51. The van der Waals surface area contributed by atoms with E-state index in [-0.39, 0.29) is 12.1 Å². The zero-order valence-corrected chi connectivity index (χ0v) is 20.8. The Bertz CT molecular complexity index is 1330. The maximum atomic E-state index is 5.90. The van der Waals surface area contributed by atoms with Gasteiger partial charge in [0.1, 0.15) is 5.82 Å². The van der Waals surface area contributed by atoms with Crippen LogP contribution in [0.25, 0.3) is 5.82 Å². The first kappa shape index (κ1) is 22.3. The third-order valence-corrected chi connectivity index (χ3v) is 7.02. The third-order valence-electron chi connectivity index (χ3n) is 6.70. The molecular weight excluding hydrogens is 438 g/mol. The number of hydrogen-bond donors (Lipinski definition) is 1. The first-order valence-electron chi connectivity index (χ1n) is 11.7. The van der Waals surface area contributed by atoms with E-state index in [2.05, 4.69) is 89.9 Å². The third kappa shape index (κ3) is 3.78. The van der Waals surface area contributed by atoms with E-state index >= 15 is 0 Å². The Morgan fingerprint density at radius 1 is 0.941 bits per heavy atom. The van der Waals surface area contributed by atoms with Crippen molar-refractivity contribution in [2.24, 2.45) is 0 Å². The van der Waals surface area contributed by atoms with Crippen LogP contribution in [0.2, 0.25) is 0 Å². The molecule has 1 saturated heterocycles. The van der Waals surface area contributed by atoms with E-state index < -0.39 is 0 Å². The van der Waals surface area contributed by atoms with Crippen molar-refractivity contribution in [1.82, 2.24) is 19.9 Å². The zero-order valence-electron chi connectivity index (χ0n) is 20.0. The molecule has 0 spiro atoms. The summed E-state index contributed by atoms with van der Waals surface area (Å²) in [7, 11) is 0. The number of rotatable bonds is 5. The highest BCUT2D eigenvalue weighted by molar-refractivity contribution is 7.80. The lowest BCUT2D eigenvalue weighted by Crippen LogP contribution is -2.29. The van der Waals surface area contributed by atoms with Gasteiger partial charge in [-0.25, -0.2) is 4.98 Å². The second kappa shape index (κ2) is 9.03. The fraction of sp³-hybridized carbons (Fsp3) is 0.250. The highest BCUT2D eigenvalue weighted by atomic mass is 32.1. The smallest absolute Gasteiger partial charge is 0.174 e. The molecule has 0 saturated carbocycles. The first-order chi connectivity index (χ1) is 16.5. The van der Waals surface area contributed by atoms with Crippen LogP contribution < -0.4 is 10.2 Å². The minimum absolute atomic E-state index is 0.0427. The summed E-state index contributed by atoms with van der Waals surface area (Å²) < 4.78 is 2.25. The fourth-order valence-electron chi connectivity index (χ4n) is 4.97. The molecule has 5 nitrogen and oxygen atoms in total. The maximum absolute atomic E-state index is 5.90. The van der Waals surface area contributed by atoms with Crippen LogP contribution in [0.4, 0.5) is 5.69 Å². The topological polar surface area (TPSA) is 46.0 Å². The molecule has 0 radical (unpaired) electrons. The molecule has 5 rings (SSSR count). The number of hydrogen-bond acceptors (Lipinski definition) is 3. The number of benzene rings is 1. The van der Waals surface area contributed by atoms with Crippen LogP contribution in [0.5, 0.6) is 0 Å². The number of aromatic nitrogens is 3. The van der Waals surface area contributed by atoms with Crippen LogP contribution in [0.15, 0.2) is 73.1 Å². The molecule has 1 aliphatic rings. The second-order valence-electron chi connectivity index (χ2n) is 8.82. The lowest BCUT2D eigenvalue weighted by atomic mass is 9.96. The minimum atomic E-state index is -0.0710. The van der Waals surface area contributed by atoms with Crippen molar-refractivity contribution in [3.05, 3.63) is 107 Å². The van der Waals surface area contributed by atoms with Gasteiger partial charge in [-0.1, -0.05) is 31.2 Å². The summed E-state index contributed by atoms with van der Waals surface area (Å²) in [6.07, 6.45) is 4.70. The summed E-state index contributed by atoms with van der Waals surface area (Å²) in [5, 5.41) is 4.28.